The first kappa shape index (κ1) is 15.8. The van der Waals surface area contributed by atoms with Crippen molar-refractivity contribution in [3.63, 3.8) is 0 Å². The maximum atomic E-state index is 7.94. The van der Waals surface area contributed by atoms with Gasteiger partial charge in [0.05, 0.1) is 6.33 Å². The van der Waals surface area contributed by atoms with Gasteiger partial charge in [-0.15, -0.1) is 12.3 Å². The van der Waals surface area contributed by atoms with E-state index in [4.69, 9.17) is 11.8 Å². The highest BCUT2D eigenvalue weighted by atomic mass is 79.9. The Balaban J connectivity index is 1.92. The number of halogens is 1. The number of nitrogens with zero attached hydrogens (tertiary/aromatic N) is 4. The summed E-state index contributed by atoms with van der Waals surface area (Å²) in [6.07, 6.45) is 10.2. The molecule has 0 atom stereocenters. The van der Waals surface area contributed by atoms with E-state index in [2.05, 4.69) is 41.8 Å². The zero-order valence-electron chi connectivity index (χ0n) is 12.1. The Morgan fingerprint density at radius 3 is 3.00 bits per heavy atom. The average Bonchev–Trinajstić information content (AvgIpc) is 2.97. The number of unbranched alkanes of at least 4 members (excludes halogenated alkanes) is 1. The maximum Gasteiger partial charge on any atom is 0.174 e. The number of aromatic nitrogens is 5. The predicted molar refractivity (Wildman–Crippen MR) is 91.9 cm³/mol. The SMILES string of the molecule is C#CCCCn1cnc(=N)c2[nH]c(Sc3ccc(Br)cn3)nc21. The number of rotatable bonds is 5. The number of fused-ring (bicyclic) bond motifs is 1. The van der Waals surface area contributed by atoms with Gasteiger partial charge in [0, 0.05) is 23.6 Å². The van der Waals surface area contributed by atoms with Crippen LogP contribution in [0.3, 0.4) is 0 Å². The van der Waals surface area contributed by atoms with E-state index in [0.717, 1.165) is 22.5 Å². The Labute approximate surface area is 145 Å². The zero-order chi connectivity index (χ0) is 16.2. The molecule has 0 bridgehead atoms. The van der Waals surface area contributed by atoms with Crippen molar-refractivity contribution in [1.82, 2.24) is 24.5 Å². The summed E-state index contributed by atoms with van der Waals surface area (Å²) in [5, 5.41) is 9.44. The lowest BCUT2D eigenvalue weighted by Gasteiger charge is -2.04. The molecule has 8 heteroatoms. The standard InChI is InChI=1S/C15H13BrN6S/c1-2-3-4-7-22-9-19-13(17)12-14(22)21-15(20-12)23-11-6-5-10(16)8-18-11/h1,5-6,8-9,17H,3-4,7H2,(H,20,21). The summed E-state index contributed by atoms with van der Waals surface area (Å²) in [4.78, 5) is 16.1. The molecule has 0 saturated carbocycles. The fraction of sp³-hybridized carbons (Fsp3) is 0.200. The van der Waals surface area contributed by atoms with Crippen LogP contribution in [0, 0.1) is 17.8 Å². The molecular formula is C15H13BrN6S. The molecule has 23 heavy (non-hydrogen) atoms. The first-order valence-corrected chi connectivity index (χ1v) is 8.51. The smallest absolute Gasteiger partial charge is 0.174 e. The number of hydrogen-bond acceptors (Lipinski definition) is 5. The number of hydrogen-bond donors (Lipinski definition) is 2. The van der Waals surface area contributed by atoms with Crippen LogP contribution in [-0.2, 0) is 6.54 Å². The highest BCUT2D eigenvalue weighted by Crippen LogP contribution is 2.25. The summed E-state index contributed by atoms with van der Waals surface area (Å²) in [7, 11) is 0. The molecule has 3 aromatic heterocycles. The molecule has 0 aliphatic heterocycles. The second-order valence-corrected chi connectivity index (χ2v) is 6.68. The van der Waals surface area contributed by atoms with E-state index in [-0.39, 0.29) is 5.49 Å². The van der Waals surface area contributed by atoms with Crippen molar-refractivity contribution in [2.75, 3.05) is 0 Å². The lowest BCUT2D eigenvalue weighted by atomic mass is 10.3. The Kier molecular flexibility index (Phi) is 4.79. The van der Waals surface area contributed by atoms with E-state index in [0.29, 0.717) is 22.7 Å². The number of aryl methyl sites for hydroxylation is 1. The van der Waals surface area contributed by atoms with E-state index < -0.39 is 0 Å². The number of aromatic amines is 1. The van der Waals surface area contributed by atoms with Gasteiger partial charge < -0.3 is 9.55 Å². The van der Waals surface area contributed by atoms with Crippen molar-refractivity contribution in [2.24, 2.45) is 0 Å². The highest BCUT2D eigenvalue weighted by molar-refractivity contribution is 9.10. The first-order chi connectivity index (χ1) is 11.2. The molecule has 2 N–H and O–H groups in total. The van der Waals surface area contributed by atoms with Gasteiger partial charge in [0.25, 0.3) is 0 Å². The fourth-order valence-electron chi connectivity index (χ4n) is 2.05. The van der Waals surface area contributed by atoms with Crippen LogP contribution in [0.15, 0.2) is 39.3 Å². The molecule has 0 saturated heterocycles. The van der Waals surface area contributed by atoms with Crippen molar-refractivity contribution < 1.29 is 0 Å². The van der Waals surface area contributed by atoms with Crippen molar-refractivity contribution in [3.8, 4) is 12.3 Å². The summed E-state index contributed by atoms with van der Waals surface area (Å²) < 4.78 is 2.84. The number of nitrogens with one attached hydrogen (secondary N) is 2. The number of terminal acetylenes is 1. The van der Waals surface area contributed by atoms with Crippen molar-refractivity contribution in [1.29, 1.82) is 5.41 Å². The average molecular weight is 389 g/mol. The van der Waals surface area contributed by atoms with Crippen molar-refractivity contribution in [2.45, 2.75) is 29.6 Å². The largest absolute Gasteiger partial charge is 0.328 e. The van der Waals surface area contributed by atoms with Crippen LogP contribution in [0.4, 0.5) is 0 Å². The van der Waals surface area contributed by atoms with Gasteiger partial charge in [-0.05, 0) is 46.2 Å². The third-order valence-corrected chi connectivity index (χ3v) is 4.43. The number of pyridine rings is 1. The van der Waals surface area contributed by atoms with Gasteiger partial charge in [0.15, 0.2) is 16.3 Å². The molecule has 3 aromatic rings. The molecule has 0 fully saturated rings. The molecule has 0 unspecified atom stereocenters. The molecule has 0 aliphatic carbocycles. The third kappa shape index (κ3) is 3.63. The minimum Gasteiger partial charge on any atom is -0.328 e. The second-order valence-electron chi connectivity index (χ2n) is 4.75. The highest BCUT2D eigenvalue weighted by Gasteiger charge is 2.10. The van der Waals surface area contributed by atoms with Crippen LogP contribution in [0.5, 0.6) is 0 Å². The minimum absolute atomic E-state index is 0.177. The Bertz CT molecular complexity index is 922. The molecule has 3 heterocycles. The zero-order valence-corrected chi connectivity index (χ0v) is 14.5. The molecule has 116 valence electrons. The molecule has 0 aliphatic rings. The Morgan fingerprint density at radius 1 is 1.39 bits per heavy atom. The molecule has 0 amide bonds. The monoisotopic (exact) mass is 388 g/mol. The summed E-state index contributed by atoms with van der Waals surface area (Å²) >= 11 is 4.77. The quantitative estimate of drug-likeness (QED) is 0.519. The lowest BCUT2D eigenvalue weighted by Crippen LogP contribution is -2.12. The van der Waals surface area contributed by atoms with E-state index in [1.807, 2.05) is 16.7 Å². The fourth-order valence-corrected chi connectivity index (χ4v) is 3.01. The molecule has 0 radical (unpaired) electrons. The van der Waals surface area contributed by atoms with E-state index in [1.165, 1.54) is 11.8 Å². The van der Waals surface area contributed by atoms with Gasteiger partial charge in [0.1, 0.15) is 10.5 Å². The van der Waals surface area contributed by atoms with Crippen LogP contribution in [0.1, 0.15) is 12.8 Å². The predicted octanol–water partition coefficient (Wildman–Crippen LogP) is 2.96. The topological polar surface area (TPSA) is 83.2 Å². The summed E-state index contributed by atoms with van der Waals surface area (Å²) in [5.41, 5.74) is 1.51. The number of H-pyrrole nitrogens is 1. The van der Waals surface area contributed by atoms with Gasteiger partial charge in [-0.2, -0.15) is 0 Å². The lowest BCUT2D eigenvalue weighted by molar-refractivity contribution is 0.653. The first-order valence-electron chi connectivity index (χ1n) is 6.90. The van der Waals surface area contributed by atoms with Gasteiger partial charge >= 0.3 is 0 Å². The summed E-state index contributed by atoms with van der Waals surface area (Å²) in [6, 6.07) is 3.83. The normalized spacial score (nSPS) is 10.8. The summed E-state index contributed by atoms with van der Waals surface area (Å²) in [6.45, 7) is 0.722. The van der Waals surface area contributed by atoms with Crippen molar-refractivity contribution in [3.05, 3.63) is 34.6 Å². The van der Waals surface area contributed by atoms with Crippen LogP contribution >= 0.6 is 27.7 Å². The van der Waals surface area contributed by atoms with Crippen LogP contribution < -0.4 is 5.49 Å². The second kappa shape index (κ2) is 6.98. The van der Waals surface area contributed by atoms with Crippen LogP contribution in [0.25, 0.3) is 11.2 Å². The van der Waals surface area contributed by atoms with Crippen LogP contribution in [-0.4, -0.2) is 24.5 Å². The van der Waals surface area contributed by atoms with Crippen molar-refractivity contribution >= 4 is 38.9 Å². The molecule has 0 spiro atoms. The number of imidazole rings is 1. The Hall–Kier alpha value is -2.11. The molecular weight excluding hydrogens is 376 g/mol. The molecule has 0 aromatic carbocycles. The minimum atomic E-state index is 0.177. The van der Waals surface area contributed by atoms with Gasteiger partial charge in [-0.1, -0.05) is 0 Å². The molecule has 6 nitrogen and oxygen atoms in total. The molecule has 3 rings (SSSR count). The van der Waals surface area contributed by atoms with Gasteiger partial charge in [-0.25, -0.2) is 15.0 Å². The van der Waals surface area contributed by atoms with E-state index >= 15 is 0 Å². The van der Waals surface area contributed by atoms with E-state index in [1.54, 1.807) is 12.5 Å². The third-order valence-electron chi connectivity index (χ3n) is 3.12. The Morgan fingerprint density at radius 2 is 2.26 bits per heavy atom. The van der Waals surface area contributed by atoms with Gasteiger partial charge in [-0.3, -0.25) is 5.41 Å². The maximum absolute atomic E-state index is 7.94. The van der Waals surface area contributed by atoms with Crippen LogP contribution in [0.2, 0.25) is 0 Å². The van der Waals surface area contributed by atoms with Gasteiger partial charge in [0.2, 0.25) is 0 Å². The summed E-state index contributed by atoms with van der Waals surface area (Å²) in [5.74, 6) is 2.62. The van der Waals surface area contributed by atoms with E-state index in [9.17, 15) is 0 Å².